The van der Waals surface area contributed by atoms with Crippen molar-refractivity contribution in [2.45, 2.75) is 50.0 Å². The molecule has 9 heteroatoms. The summed E-state index contributed by atoms with van der Waals surface area (Å²) in [7, 11) is 0. The molecule has 4 aliphatic rings. The summed E-state index contributed by atoms with van der Waals surface area (Å²) in [5.74, 6) is -0.675. The minimum absolute atomic E-state index is 0.00323. The van der Waals surface area contributed by atoms with Crippen molar-refractivity contribution >= 4 is 22.6 Å². The summed E-state index contributed by atoms with van der Waals surface area (Å²) < 4.78 is 35.6. The van der Waals surface area contributed by atoms with E-state index in [1.807, 2.05) is 18.2 Å². The van der Waals surface area contributed by atoms with Crippen LogP contribution in [-0.2, 0) is 11.2 Å². The molecule has 0 unspecified atom stereocenters. The molecule has 0 radical (unpaired) electrons. The Morgan fingerprint density at radius 2 is 1.95 bits per heavy atom. The number of carbonyl (C=O) groups excluding carboxylic acids is 1. The van der Waals surface area contributed by atoms with E-state index in [0.29, 0.717) is 35.2 Å². The average molecular weight is 546 g/mol. The van der Waals surface area contributed by atoms with Gasteiger partial charge in [-0.05, 0) is 86.2 Å². The molecule has 1 saturated carbocycles. The second kappa shape index (κ2) is 9.80. The van der Waals surface area contributed by atoms with Crippen LogP contribution in [0.25, 0.3) is 22.0 Å². The Morgan fingerprint density at radius 1 is 1.12 bits per heavy atom. The molecule has 2 aromatic carbocycles. The molecule has 3 aromatic rings. The molecule has 7 rings (SSSR count). The molecule has 3 fully saturated rings. The lowest BCUT2D eigenvalue weighted by atomic mass is 9.93. The number of nitrogens with zero attached hydrogens (tertiary/aromatic N) is 3. The first-order valence-corrected chi connectivity index (χ1v) is 14.3. The first kappa shape index (κ1) is 25.4. The third-order valence-corrected chi connectivity index (χ3v) is 9.28. The molecule has 2 N–H and O–H groups in total. The van der Waals surface area contributed by atoms with Crippen molar-refractivity contribution in [2.24, 2.45) is 5.92 Å². The molecule has 40 heavy (non-hydrogen) atoms. The number of benzene rings is 2. The van der Waals surface area contributed by atoms with Gasteiger partial charge in [0.2, 0.25) is 0 Å². The van der Waals surface area contributed by atoms with Gasteiger partial charge in [-0.15, -0.1) is 0 Å². The number of carbonyl (C=O) groups is 1. The summed E-state index contributed by atoms with van der Waals surface area (Å²) in [4.78, 5) is 23.2. The third kappa shape index (κ3) is 4.31. The monoisotopic (exact) mass is 545 g/mol. The highest BCUT2D eigenvalue weighted by Crippen LogP contribution is 2.58. The molecular formula is C31H33F2N5O2. The van der Waals surface area contributed by atoms with Crippen molar-refractivity contribution in [3.63, 3.8) is 0 Å². The predicted octanol–water partition coefficient (Wildman–Crippen LogP) is 5.11. The first-order valence-electron chi connectivity index (χ1n) is 14.3. The van der Waals surface area contributed by atoms with Gasteiger partial charge in [0.15, 0.2) is 11.6 Å². The molecule has 7 nitrogen and oxygen atoms in total. The maximum atomic E-state index is 16.4. The molecule has 1 aromatic heterocycles. The summed E-state index contributed by atoms with van der Waals surface area (Å²) in [6, 6.07) is 9.96. The lowest BCUT2D eigenvalue weighted by molar-refractivity contribution is -0.118. The zero-order valence-electron chi connectivity index (χ0n) is 22.4. The number of anilines is 1. The predicted molar refractivity (Wildman–Crippen MR) is 149 cm³/mol. The summed E-state index contributed by atoms with van der Waals surface area (Å²) in [5, 5.41) is 6.13. The topological polar surface area (TPSA) is 79.4 Å². The molecule has 2 atom stereocenters. The third-order valence-electron chi connectivity index (χ3n) is 9.28. The van der Waals surface area contributed by atoms with E-state index in [-0.39, 0.29) is 30.2 Å². The maximum Gasteiger partial charge on any atom is 0.319 e. The Kier molecular flexibility index (Phi) is 6.22. The van der Waals surface area contributed by atoms with Crippen LogP contribution in [0.5, 0.6) is 6.01 Å². The van der Waals surface area contributed by atoms with Crippen LogP contribution in [0.4, 0.5) is 14.6 Å². The largest absolute Gasteiger partial charge is 0.461 e. The lowest BCUT2D eigenvalue weighted by Gasteiger charge is -2.31. The molecule has 3 heterocycles. The Morgan fingerprint density at radius 3 is 2.75 bits per heavy atom. The van der Waals surface area contributed by atoms with Gasteiger partial charge in [0.25, 0.3) is 5.91 Å². The van der Waals surface area contributed by atoms with Crippen molar-refractivity contribution in [3.05, 3.63) is 59.7 Å². The summed E-state index contributed by atoms with van der Waals surface area (Å²) in [6.45, 7) is 6.02. The highest BCUT2D eigenvalue weighted by atomic mass is 19.1. The molecule has 2 aliphatic heterocycles. The van der Waals surface area contributed by atoms with Gasteiger partial charge in [0.05, 0.1) is 5.54 Å². The number of fused-ring (bicyclic) bond motifs is 5. The van der Waals surface area contributed by atoms with E-state index < -0.39 is 17.6 Å². The Hall–Kier alpha value is -3.59. The molecule has 0 spiro atoms. The van der Waals surface area contributed by atoms with Gasteiger partial charge in [-0.3, -0.25) is 9.69 Å². The van der Waals surface area contributed by atoms with Gasteiger partial charge < -0.3 is 15.4 Å². The average Bonchev–Trinajstić information content (AvgIpc) is 3.25. The van der Waals surface area contributed by atoms with Gasteiger partial charge in [-0.2, -0.15) is 9.97 Å². The first-order chi connectivity index (χ1) is 19.4. The van der Waals surface area contributed by atoms with Crippen LogP contribution in [0, 0.1) is 11.7 Å². The van der Waals surface area contributed by atoms with Gasteiger partial charge in [-0.1, -0.05) is 30.8 Å². The number of ether oxygens (including phenoxy) is 1. The zero-order valence-corrected chi connectivity index (χ0v) is 22.4. The van der Waals surface area contributed by atoms with Crippen LogP contribution in [-0.4, -0.2) is 59.1 Å². The highest BCUT2D eigenvalue weighted by molar-refractivity contribution is 5.94. The Balaban J connectivity index is 1.23. The number of halogens is 2. The van der Waals surface area contributed by atoms with Crippen molar-refractivity contribution in [1.29, 1.82) is 0 Å². The number of hydrogen-bond acceptors (Lipinski definition) is 6. The molecule has 1 amide bonds. The van der Waals surface area contributed by atoms with Crippen LogP contribution < -0.4 is 15.4 Å². The Bertz CT molecular complexity index is 1520. The highest BCUT2D eigenvalue weighted by Gasteiger charge is 2.47. The number of hydrogen-bond donors (Lipinski definition) is 2. The van der Waals surface area contributed by atoms with Crippen molar-refractivity contribution in [2.75, 3.05) is 38.1 Å². The van der Waals surface area contributed by atoms with E-state index in [4.69, 9.17) is 4.74 Å². The number of rotatable bonds is 9. The number of aromatic nitrogens is 2. The van der Waals surface area contributed by atoms with Crippen molar-refractivity contribution in [1.82, 2.24) is 20.2 Å². The minimum atomic E-state index is -1.05. The quantitative estimate of drug-likeness (QED) is 0.287. The normalized spacial score (nSPS) is 22.1. The number of amides is 1. The smallest absolute Gasteiger partial charge is 0.319 e. The van der Waals surface area contributed by atoms with E-state index in [1.54, 1.807) is 6.07 Å². The van der Waals surface area contributed by atoms with Gasteiger partial charge in [-0.25, -0.2) is 8.78 Å². The van der Waals surface area contributed by atoms with Crippen molar-refractivity contribution < 1.29 is 18.3 Å². The SMILES string of the molecule is C=C(F)C(=O)NCCNc1nc(OCC23CCCN2CCC3)nc2c(F)c(-c3cccc4c3[C@H]3C[C@H]3C4)ccc12. The van der Waals surface area contributed by atoms with E-state index in [9.17, 15) is 9.18 Å². The summed E-state index contributed by atoms with van der Waals surface area (Å²) in [5.41, 5.74) is 4.28. The molecule has 208 valence electrons. The van der Waals surface area contributed by atoms with Crippen LogP contribution >= 0.6 is 0 Å². The summed E-state index contributed by atoms with van der Waals surface area (Å²) >= 11 is 0. The molecule has 2 aliphatic carbocycles. The van der Waals surface area contributed by atoms with E-state index in [2.05, 4.69) is 38.1 Å². The molecule has 0 bridgehead atoms. The second-order valence-corrected chi connectivity index (χ2v) is 11.7. The van der Waals surface area contributed by atoms with E-state index in [0.717, 1.165) is 50.8 Å². The fourth-order valence-corrected chi connectivity index (χ4v) is 7.23. The van der Waals surface area contributed by atoms with E-state index in [1.165, 1.54) is 17.5 Å². The molecular weight excluding hydrogens is 512 g/mol. The van der Waals surface area contributed by atoms with Gasteiger partial charge in [0.1, 0.15) is 17.9 Å². The van der Waals surface area contributed by atoms with Crippen molar-refractivity contribution in [3.8, 4) is 17.1 Å². The summed E-state index contributed by atoms with van der Waals surface area (Å²) in [6.07, 6.45) is 6.69. The van der Waals surface area contributed by atoms with Crippen LogP contribution in [0.3, 0.4) is 0 Å². The standard InChI is InChI=1S/C31H33F2N5O2/c1-18(32)29(39)35-12-11-34-28-23-8-7-22(21-6-2-5-19-15-20-16-24(20)25(19)21)26(33)27(23)36-30(37-28)40-17-31-9-3-13-38(31)14-4-10-31/h2,5-8,20,24H,1,3-4,9-17H2,(H,35,39)(H,34,36,37)/t20-,24+/m1/s1. The van der Waals surface area contributed by atoms with Gasteiger partial charge in [0, 0.05) is 24.0 Å². The fourth-order valence-electron chi connectivity index (χ4n) is 7.23. The Labute approximate surface area is 232 Å². The second-order valence-electron chi connectivity index (χ2n) is 11.7. The van der Waals surface area contributed by atoms with E-state index >= 15 is 4.39 Å². The lowest BCUT2D eigenvalue weighted by Crippen LogP contribution is -2.43. The van der Waals surface area contributed by atoms with Crippen LogP contribution in [0.2, 0.25) is 0 Å². The maximum absolute atomic E-state index is 16.4. The van der Waals surface area contributed by atoms with Gasteiger partial charge >= 0.3 is 6.01 Å². The zero-order chi connectivity index (χ0) is 27.4. The molecule has 2 saturated heterocycles. The fraction of sp³-hybridized carbons (Fsp3) is 0.452. The number of nitrogens with one attached hydrogen (secondary N) is 2. The van der Waals surface area contributed by atoms with Crippen LogP contribution in [0.15, 0.2) is 42.7 Å². The van der Waals surface area contributed by atoms with Crippen LogP contribution in [0.1, 0.15) is 49.1 Å². The minimum Gasteiger partial charge on any atom is -0.461 e.